The molecule has 0 spiro atoms. The zero-order valence-corrected chi connectivity index (χ0v) is 11.9. The van der Waals surface area contributed by atoms with Crippen LogP contribution in [0.5, 0.6) is 0 Å². The number of hydrogen-bond donors (Lipinski definition) is 1. The van der Waals surface area contributed by atoms with Gasteiger partial charge in [-0.3, -0.25) is 10.1 Å². The lowest BCUT2D eigenvalue weighted by Gasteiger charge is -2.08. The molecule has 0 saturated heterocycles. The molecule has 0 saturated carbocycles. The van der Waals surface area contributed by atoms with Gasteiger partial charge in [-0.1, -0.05) is 0 Å². The highest BCUT2D eigenvalue weighted by Gasteiger charge is 2.16. The van der Waals surface area contributed by atoms with Crippen LogP contribution < -0.4 is 5.32 Å². The maximum absolute atomic E-state index is 10.8. The molecule has 2 heterocycles. The lowest BCUT2D eigenvalue weighted by Crippen LogP contribution is -2.03. The summed E-state index contributed by atoms with van der Waals surface area (Å²) >= 11 is 4.96. The first-order valence-electron chi connectivity index (χ1n) is 5.14. The zero-order chi connectivity index (χ0) is 13.1. The Labute approximate surface area is 116 Å². The standard InChI is InChI=1S/C11H10BrN3O2S/c1-7-9(15(16)17)5-14-11(10(7)12)13-4-8-2-3-18-6-8/h2-3,5-6H,4H2,1H3,(H,13,14). The topological polar surface area (TPSA) is 68.1 Å². The number of rotatable bonds is 4. The number of aromatic nitrogens is 1. The van der Waals surface area contributed by atoms with E-state index in [-0.39, 0.29) is 5.69 Å². The van der Waals surface area contributed by atoms with Crippen LogP contribution in [0.1, 0.15) is 11.1 Å². The molecule has 18 heavy (non-hydrogen) atoms. The molecular formula is C11H10BrN3O2S. The molecule has 2 aromatic rings. The van der Waals surface area contributed by atoms with Gasteiger partial charge < -0.3 is 5.32 Å². The number of halogens is 1. The fourth-order valence-corrected chi connectivity index (χ4v) is 2.57. The number of anilines is 1. The van der Waals surface area contributed by atoms with Gasteiger partial charge in [0.1, 0.15) is 12.0 Å². The van der Waals surface area contributed by atoms with Crippen LogP contribution in [0.25, 0.3) is 0 Å². The van der Waals surface area contributed by atoms with Crippen molar-refractivity contribution in [3.05, 3.63) is 48.7 Å². The summed E-state index contributed by atoms with van der Waals surface area (Å²) in [6.07, 6.45) is 1.27. The van der Waals surface area contributed by atoms with E-state index in [0.717, 1.165) is 5.56 Å². The van der Waals surface area contributed by atoms with E-state index >= 15 is 0 Å². The molecule has 94 valence electrons. The summed E-state index contributed by atoms with van der Waals surface area (Å²) in [5.74, 6) is 0.615. The van der Waals surface area contributed by atoms with E-state index in [2.05, 4.69) is 26.2 Å². The minimum atomic E-state index is -0.435. The second-order valence-corrected chi connectivity index (χ2v) is 5.25. The minimum absolute atomic E-state index is 0.0166. The molecule has 0 amide bonds. The second kappa shape index (κ2) is 5.45. The highest BCUT2D eigenvalue weighted by atomic mass is 79.9. The van der Waals surface area contributed by atoms with Crippen molar-refractivity contribution in [3.8, 4) is 0 Å². The van der Waals surface area contributed by atoms with Gasteiger partial charge in [-0.05, 0) is 45.2 Å². The average molecular weight is 328 g/mol. The number of pyridine rings is 1. The van der Waals surface area contributed by atoms with E-state index in [4.69, 9.17) is 0 Å². The summed E-state index contributed by atoms with van der Waals surface area (Å²) in [6, 6.07) is 2.02. The smallest absolute Gasteiger partial charge is 0.291 e. The van der Waals surface area contributed by atoms with Gasteiger partial charge in [0.15, 0.2) is 0 Å². The van der Waals surface area contributed by atoms with Gasteiger partial charge in [-0.25, -0.2) is 4.98 Å². The van der Waals surface area contributed by atoms with E-state index in [9.17, 15) is 10.1 Å². The SMILES string of the molecule is Cc1c([N+](=O)[O-])cnc(NCc2ccsc2)c1Br. The summed E-state index contributed by atoms with van der Waals surface area (Å²) in [5.41, 5.74) is 1.75. The van der Waals surface area contributed by atoms with Gasteiger partial charge in [0.05, 0.1) is 9.40 Å². The molecule has 7 heteroatoms. The summed E-state index contributed by atoms with van der Waals surface area (Å²) in [5, 5.41) is 17.9. The van der Waals surface area contributed by atoms with E-state index < -0.39 is 4.92 Å². The number of nitrogens with one attached hydrogen (secondary N) is 1. The molecule has 0 aliphatic carbocycles. The van der Waals surface area contributed by atoms with Crippen molar-refractivity contribution in [3.63, 3.8) is 0 Å². The van der Waals surface area contributed by atoms with Crippen LogP contribution in [0.15, 0.2) is 27.5 Å². The molecule has 0 bridgehead atoms. The van der Waals surface area contributed by atoms with Crippen molar-refractivity contribution in [1.82, 2.24) is 4.98 Å². The molecule has 0 atom stereocenters. The Bertz CT molecular complexity index is 572. The van der Waals surface area contributed by atoms with E-state index in [1.54, 1.807) is 18.3 Å². The maximum Gasteiger partial charge on any atom is 0.291 e. The maximum atomic E-state index is 10.8. The lowest BCUT2D eigenvalue weighted by molar-refractivity contribution is -0.385. The quantitative estimate of drug-likeness (QED) is 0.686. The van der Waals surface area contributed by atoms with E-state index in [1.807, 2.05) is 16.8 Å². The van der Waals surface area contributed by atoms with Crippen molar-refractivity contribution >= 4 is 38.8 Å². The van der Waals surface area contributed by atoms with Crippen molar-refractivity contribution in [2.24, 2.45) is 0 Å². The Morgan fingerprint density at radius 3 is 3.00 bits per heavy atom. The summed E-state index contributed by atoms with van der Waals surface area (Å²) in [7, 11) is 0. The number of nitrogens with zero attached hydrogens (tertiary/aromatic N) is 2. The number of thiophene rings is 1. The van der Waals surface area contributed by atoms with Crippen molar-refractivity contribution < 1.29 is 4.92 Å². The molecule has 0 aromatic carbocycles. The minimum Gasteiger partial charge on any atom is -0.365 e. The Morgan fingerprint density at radius 2 is 2.39 bits per heavy atom. The molecular weight excluding hydrogens is 318 g/mol. The zero-order valence-electron chi connectivity index (χ0n) is 9.51. The van der Waals surface area contributed by atoms with Gasteiger partial charge in [-0.2, -0.15) is 11.3 Å². The molecule has 0 unspecified atom stereocenters. The molecule has 2 rings (SSSR count). The molecule has 5 nitrogen and oxygen atoms in total. The summed E-state index contributed by atoms with van der Waals surface area (Å²) < 4.78 is 0.631. The van der Waals surface area contributed by atoms with Gasteiger partial charge in [0.25, 0.3) is 5.69 Å². The Hall–Kier alpha value is -1.47. The fraction of sp³-hybridized carbons (Fsp3) is 0.182. The van der Waals surface area contributed by atoms with Crippen LogP contribution in [0.2, 0.25) is 0 Å². The van der Waals surface area contributed by atoms with Crippen LogP contribution >= 0.6 is 27.3 Å². The Morgan fingerprint density at radius 1 is 1.61 bits per heavy atom. The Kier molecular flexibility index (Phi) is 3.93. The average Bonchev–Trinajstić information content (AvgIpc) is 2.83. The highest BCUT2D eigenvalue weighted by molar-refractivity contribution is 9.10. The van der Waals surface area contributed by atoms with Gasteiger partial charge in [0.2, 0.25) is 0 Å². The molecule has 1 N–H and O–H groups in total. The third kappa shape index (κ3) is 2.68. The molecule has 0 aliphatic rings. The van der Waals surface area contributed by atoms with E-state index in [1.165, 1.54) is 6.20 Å². The first-order chi connectivity index (χ1) is 8.59. The third-order valence-electron chi connectivity index (χ3n) is 2.47. The summed E-state index contributed by atoms with van der Waals surface area (Å²) in [4.78, 5) is 14.4. The van der Waals surface area contributed by atoms with Crippen molar-refractivity contribution in [2.75, 3.05) is 5.32 Å². The van der Waals surface area contributed by atoms with Gasteiger partial charge >= 0.3 is 0 Å². The van der Waals surface area contributed by atoms with Crippen LogP contribution in [0.4, 0.5) is 11.5 Å². The van der Waals surface area contributed by atoms with E-state index in [0.29, 0.717) is 22.4 Å². The monoisotopic (exact) mass is 327 g/mol. The van der Waals surface area contributed by atoms with Gasteiger partial charge in [0, 0.05) is 12.1 Å². The van der Waals surface area contributed by atoms with Crippen molar-refractivity contribution in [1.29, 1.82) is 0 Å². The predicted octanol–water partition coefficient (Wildman–Crippen LogP) is 3.73. The van der Waals surface area contributed by atoms with Crippen LogP contribution in [-0.4, -0.2) is 9.91 Å². The normalized spacial score (nSPS) is 10.3. The number of hydrogen-bond acceptors (Lipinski definition) is 5. The molecule has 0 radical (unpaired) electrons. The molecule has 2 aromatic heterocycles. The Balaban J connectivity index is 2.19. The fourth-order valence-electron chi connectivity index (χ4n) is 1.46. The number of nitro groups is 1. The first kappa shape index (κ1) is 13.0. The molecule has 0 fully saturated rings. The third-order valence-corrected chi connectivity index (χ3v) is 4.18. The molecule has 0 aliphatic heterocycles. The lowest BCUT2D eigenvalue weighted by atomic mass is 10.2. The van der Waals surface area contributed by atoms with Gasteiger partial charge in [-0.15, -0.1) is 0 Å². The highest BCUT2D eigenvalue weighted by Crippen LogP contribution is 2.30. The van der Waals surface area contributed by atoms with Crippen LogP contribution in [0.3, 0.4) is 0 Å². The second-order valence-electron chi connectivity index (χ2n) is 3.67. The largest absolute Gasteiger partial charge is 0.365 e. The predicted molar refractivity (Wildman–Crippen MR) is 75.0 cm³/mol. The van der Waals surface area contributed by atoms with Crippen LogP contribution in [0, 0.1) is 17.0 Å². The summed E-state index contributed by atoms with van der Waals surface area (Å²) in [6.45, 7) is 2.34. The first-order valence-corrected chi connectivity index (χ1v) is 6.87. The van der Waals surface area contributed by atoms with Crippen molar-refractivity contribution in [2.45, 2.75) is 13.5 Å². The van der Waals surface area contributed by atoms with Crippen LogP contribution in [-0.2, 0) is 6.54 Å².